The van der Waals surface area contributed by atoms with E-state index in [0.717, 1.165) is 0 Å². The van der Waals surface area contributed by atoms with E-state index in [1.165, 1.54) is 0 Å². The molecule has 0 spiro atoms. The molecule has 0 amide bonds. The predicted molar refractivity (Wildman–Crippen MR) is 53.6 cm³/mol. The second-order valence-corrected chi connectivity index (χ2v) is 10.6. The Morgan fingerprint density at radius 3 is 2.78 bits per heavy atom. The van der Waals surface area contributed by atoms with Crippen LogP contribution < -0.4 is 5.32 Å². The summed E-state index contributed by atoms with van der Waals surface area (Å²) in [7, 11) is 7.22. The summed E-state index contributed by atoms with van der Waals surface area (Å²) < 4.78 is 0. The first-order valence-electron chi connectivity index (χ1n) is 2.41. The Balaban J connectivity index is 3.46. The fourth-order valence-corrected chi connectivity index (χ4v) is 3.02. The van der Waals surface area contributed by atoms with Gasteiger partial charge in [0, 0.05) is 7.30 Å². The van der Waals surface area contributed by atoms with Crippen LogP contribution in [0.4, 0.5) is 0 Å². The molecule has 1 N–H and O–H groups in total. The van der Waals surface area contributed by atoms with Gasteiger partial charge < -0.3 is 5.32 Å². The molecule has 9 heavy (non-hydrogen) atoms. The fraction of sp³-hybridized carbons (Fsp3) is 0.667. The lowest BCUT2D eigenvalue weighted by molar-refractivity contribution is -0.110. The third kappa shape index (κ3) is 4.72. The van der Waals surface area contributed by atoms with Crippen molar-refractivity contribution in [2.45, 2.75) is 0 Å². The Morgan fingerprint density at radius 2 is 2.44 bits per heavy atom. The smallest absolute Gasteiger partial charge is 0.176 e. The van der Waals surface area contributed by atoms with Gasteiger partial charge in [0.25, 0.3) is 0 Å². The van der Waals surface area contributed by atoms with E-state index in [4.69, 9.17) is 0 Å². The normalized spacial score (nSPS) is 14.6. The second-order valence-electron chi connectivity index (χ2n) is 1.42. The summed E-state index contributed by atoms with van der Waals surface area (Å²) in [6.07, 6.45) is 0. The van der Waals surface area contributed by atoms with E-state index in [2.05, 4.69) is 23.2 Å². The van der Waals surface area contributed by atoms with E-state index in [1.54, 1.807) is 7.05 Å². The van der Waals surface area contributed by atoms with Crippen molar-refractivity contribution in [1.82, 2.24) is 5.32 Å². The molecule has 4 unspecified atom stereocenters. The first-order valence-corrected chi connectivity index (χ1v) is 9.02. The van der Waals surface area contributed by atoms with Crippen LogP contribution in [0.5, 0.6) is 0 Å². The van der Waals surface area contributed by atoms with Gasteiger partial charge in [0.1, 0.15) is 0 Å². The molecule has 0 aromatic carbocycles. The zero-order valence-corrected chi connectivity index (χ0v) is 9.42. The molecule has 54 valence electrons. The highest BCUT2D eigenvalue weighted by molar-refractivity contribution is 8.66. The monoisotopic (exact) mass is 201 g/mol. The molecule has 0 saturated heterocycles. The molecule has 0 heterocycles. The molecule has 0 aliphatic carbocycles. The van der Waals surface area contributed by atoms with Gasteiger partial charge in [0.2, 0.25) is 0 Å². The molecule has 0 saturated carbocycles. The minimum Gasteiger partial charge on any atom is -0.313 e. The number of carbonyl (C=O) groups excluding carboxylic acids is 1. The Bertz CT molecular complexity index is 97.8. The Labute approximate surface area is 62.9 Å². The van der Waals surface area contributed by atoms with Crippen molar-refractivity contribution >= 4 is 38.6 Å². The molecule has 0 aromatic rings. The van der Waals surface area contributed by atoms with E-state index in [9.17, 15) is 4.79 Å². The molecule has 2 nitrogen and oxygen atoms in total. The van der Waals surface area contributed by atoms with Crippen LogP contribution >= 0.6 is 33.1 Å². The molecular formula is C3H11NOP4. The van der Waals surface area contributed by atoms with Gasteiger partial charge in [-0.2, -0.15) is 0 Å². The molecule has 0 rings (SSSR count). The number of carbonyl (C=O) groups is 1. The van der Waals surface area contributed by atoms with Crippen LogP contribution in [-0.2, 0) is 4.79 Å². The maximum atomic E-state index is 10.9. The first kappa shape index (κ1) is 10.3. The molecule has 4 atom stereocenters. The van der Waals surface area contributed by atoms with E-state index >= 15 is 0 Å². The van der Waals surface area contributed by atoms with E-state index in [0.29, 0.717) is 20.0 Å². The summed E-state index contributed by atoms with van der Waals surface area (Å²) in [6.45, 7) is 0.511. The first-order chi connectivity index (χ1) is 4.22. The maximum absolute atomic E-state index is 10.9. The van der Waals surface area contributed by atoms with Crippen LogP contribution in [0.15, 0.2) is 0 Å². The minimum absolute atomic E-state index is 0.325. The summed E-state index contributed by atoms with van der Waals surface area (Å²) in [4.78, 5) is 10.9. The van der Waals surface area contributed by atoms with Crippen LogP contribution in [0, 0.1) is 0 Å². The van der Waals surface area contributed by atoms with E-state index < -0.39 is 7.30 Å². The molecule has 0 radical (unpaired) electrons. The summed E-state index contributed by atoms with van der Waals surface area (Å²) in [6, 6.07) is 0. The average Bonchev–Trinajstić information content (AvgIpc) is 1.87. The van der Waals surface area contributed by atoms with Crippen LogP contribution in [-0.4, -0.2) is 19.1 Å². The molecule has 0 aromatic heterocycles. The maximum Gasteiger partial charge on any atom is 0.176 e. The van der Waals surface area contributed by atoms with Crippen molar-refractivity contribution < 1.29 is 4.79 Å². The van der Waals surface area contributed by atoms with Crippen molar-refractivity contribution in [3.05, 3.63) is 0 Å². The Kier molecular flexibility index (Phi) is 7.00. The lowest BCUT2D eigenvalue weighted by atomic mass is 10.7. The number of nitrogens with one attached hydrogen (secondary N) is 1. The predicted octanol–water partition coefficient (Wildman–Crippen LogP) is 1.39. The van der Waals surface area contributed by atoms with Crippen LogP contribution in [0.3, 0.4) is 0 Å². The van der Waals surface area contributed by atoms with E-state index in [1.807, 2.05) is 0 Å². The fourth-order valence-electron chi connectivity index (χ4n) is 0.308. The Hall–Kier alpha value is 1.35. The van der Waals surface area contributed by atoms with Gasteiger partial charge in [-0.05, 0) is 7.05 Å². The number of hydrogen-bond acceptors (Lipinski definition) is 2. The summed E-state index contributed by atoms with van der Waals surface area (Å²) in [5.41, 5.74) is 0.325. The highest BCUT2D eigenvalue weighted by Crippen LogP contribution is 2.66. The van der Waals surface area contributed by atoms with Crippen molar-refractivity contribution in [2.75, 3.05) is 13.6 Å². The summed E-state index contributed by atoms with van der Waals surface area (Å²) in [5.74, 6) is 0. The van der Waals surface area contributed by atoms with Crippen LogP contribution in [0.25, 0.3) is 0 Å². The largest absolute Gasteiger partial charge is 0.313 e. The SMILES string of the molecule is CNCC(=O)P(P)PP. The quantitative estimate of drug-likeness (QED) is 0.696. The van der Waals surface area contributed by atoms with Gasteiger partial charge in [-0.15, -0.1) is 8.93 Å². The number of likely N-dealkylation sites (N-methyl/N-ethyl adjacent to an activating group) is 1. The lowest BCUT2D eigenvalue weighted by Crippen LogP contribution is -2.14. The van der Waals surface area contributed by atoms with Gasteiger partial charge in [0.05, 0.1) is 6.54 Å². The molecule has 0 fully saturated rings. The third-order valence-corrected chi connectivity index (χ3v) is 10.7. The highest BCUT2D eigenvalue weighted by Gasteiger charge is 2.07. The number of hydrogen-bond donors (Lipinski definition) is 1. The minimum atomic E-state index is -0.439. The van der Waals surface area contributed by atoms with Gasteiger partial charge in [-0.1, -0.05) is 16.9 Å². The average molecular weight is 201 g/mol. The van der Waals surface area contributed by atoms with Gasteiger partial charge in [0.15, 0.2) is 5.52 Å². The third-order valence-electron chi connectivity index (χ3n) is 0.736. The molecular weight excluding hydrogens is 190 g/mol. The molecule has 0 aliphatic heterocycles. The molecule has 0 bridgehead atoms. The molecule has 6 heteroatoms. The van der Waals surface area contributed by atoms with Gasteiger partial charge >= 0.3 is 0 Å². The van der Waals surface area contributed by atoms with Crippen LogP contribution in [0.1, 0.15) is 0 Å². The zero-order valence-electron chi connectivity index (χ0n) is 5.22. The van der Waals surface area contributed by atoms with Crippen LogP contribution in [0.2, 0.25) is 0 Å². The Morgan fingerprint density at radius 1 is 1.89 bits per heavy atom. The second kappa shape index (κ2) is 6.09. The molecule has 0 aliphatic rings. The highest BCUT2D eigenvalue weighted by atomic mass is 32.6. The number of rotatable bonds is 4. The van der Waals surface area contributed by atoms with Gasteiger partial charge in [-0.25, -0.2) is 0 Å². The van der Waals surface area contributed by atoms with Crippen molar-refractivity contribution in [3.8, 4) is 0 Å². The lowest BCUT2D eigenvalue weighted by Gasteiger charge is -2.04. The topological polar surface area (TPSA) is 29.1 Å². The zero-order chi connectivity index (χ0) is 7.28. The summed E-state index contributed by atoms with van der Waals surface area (Å²) >= 11 is 0. The van der Waals surface area contributed by atoms with E-state index in [-0.39, 0.29) is 0 Å². The van der Waals surface area contributed by atoms with Gasteiger partial charge in [-0.3, -0.25) is 4.79 Å². The van der Waals surface area contributed by atoms with Crippen molar-refractivity contribution in [1.29, 1.82) is 0 Å². The van der Waals surface area contributed by atoms with Crippen molar-refractivity contribution in [2.24, 2.45) is 0 Å². The summed E-state index contributed by atoms with van der Waals surface area (Å²) in [5, 5.41) is 2.83. The standard InChI is InChI=1S/C3H11NOP4/c1-4-2-3(5)9(7)8-6/h4,8H,2,6-7H2,1H3. The van der Waals surface area contributed by atoms with Crippen molar-refractivity contribution in [3.63, 3.8) is 0 Å².